The van der Waals surface area contributed by atoms with Crippen molar-refractivity contribution in [3.63, 3.8) is 0 Å². The fourth-order valence-electron chi connectivity index (χ4n) is 4.54. The van der Waals surface area contributed by atoms with Crippen molar-refractivity contribution in [1.29, 1.82) is 0 Å². The molecule has 200 valence electrons. The summed E-state index contributed by atoms with van der Waals surface area (Å²) in [5, 5.41) is 5.26. The van der Waals surface area contributed by atoms with E-state index in [9.17, 15) is 0 Å². The minimum atomic E-state index is 0. The maximum absolute atomic E-state index is 6.71. The second kappa shape index (κ2) is 23.4. The van der Waals surface area contributed by atoms with Crippen LogP contribution in [0.1, 0.15) is 130 Å². The summed E-state index contributed by atoms with van der Waals surface area (Å²) in [7, 11) is 4.17. The second-order valence-corrected chi connectivity index (χ2v) is 9.64. The van der Waals surface area contributed by atoms with E-state index in [0.717, 1.165) is 32.1 Å². The number of hydrogen-bond acceptors (Lipinski definition) is 3. The molecule has 0 atom stereocenters. The van der Waals surface area contributed by atoms with Gasteiger partial charge in [-0.25, -0.2) is 4.99 Å². The Kier molecular flexibility index (Phi) is 24.7. The molecule has 0 saturated heterocycles. The van der Waals surface area contributed by atoms with E-state index in [4.69, 9.17) is 5.73 Å². The lowest BCUT2D eigenvalue weighted by Gasteiger charge is -2.47. The molecule has 0 heterocycles. The first kappa shape index (κ1) is 34.8. The van der Waals surface area contributed by atoms with E-state index in [1.807, 2.05) is 7.05 Å². The summed E-state index contributed by atoms with van der Waals surface area (Å²) >= 11 is 0. The minimum Gasteiger partial charge on any atom is -1.00 e. The highest BCUT2D eigenvalue weighted by Crippen LogP contribution is 2.21. The Labute approximate surface area is 214 Å². The topological polar surface area (TPSA) is 44.9 Å². The average molecular weight is 490 g/mol. The fourth-order valence-corrected chi connectivity index (χ4v) is 4.54. The fraction of sp³-hybridized carbons (Fsp3) is 0.963. The molecular formula is C27H60ClN5. The molecule has 5 nitrogen and oxygen atoms in total. The molecule has 0 amide bonds. The Morgan fingerprint density at radius 3 is 1.06 bits per heavy atom. The zero-order valence-corrected chi connectivity index (χ0v) is 24.1. The van der Waals surface area contributed by atoms with Crippen LogP contribution in [0.2, 0.25) is 0 Å². The third-order valence-electron chi connectivity index (χ3n) is 6.84. The third-order valence-corrected chi connectivity index (χ3v) is 6.84. The number of rotatable bonds is 22. The number of unbranched alkanes of at least 4 members (excludes halogenated alkanes) is 12. The second-order valence-electron chi connectivity index (χ2n) is 9.64. The first-order chi connectivity index (χ1) is 15.5. The normalized spacial score (nSPS) is 12.5. The van der Waals surface area contributed by atoms with Gasteiger partial charge in [-0.3, -0.25) is 0 Å². The molecule has 0 aromatic heterocycles. The van der Waals surface area contributed by atoms with Crippen LogP contribution in [0, 0.1) is 0 Å². The average Bonchev–Trinajstić information content (AvgIpc) is 2.81. The van der Waals surface area contributed by atoms with Crippen LogP contribution in [-0.4, -0.2) is 61.0 Å². The van der Waals surface area contributed by atoms with Gasteiger partial charge in [-0.2, -0.15) is 0 Å². The lowest BCUT2D eigenvalue weighted by atomic mass is 10.1. The van der Waals surface area contributed by atoms with E-state index in [1.165, 1.54) is 103 Å². The number of aliphatic imine (C=N–C) groups is 1. The first-order valence-electron chi connectivity index (χ1n) is 14.1. The summed E-state index contributed by atoms with van der Waals surface area (Å²) in [6.07, 6.45) is 20.6. The van der Waals surface area contributed by atoms with Crippen molar-refractivity contribution in [2.24, 2.45) is 10.7 Å². The van der Waals surface area contributed by atoms with Crippen LogP contribution in [0.15, 0.2) is 4.99 Å². The van der Waals surface area contributed by atoms with Crippen molar-refractivity contribution >= 4 is 5.96 Å². The number of hydrogen-bond donors (Lipinski definition) is 1. The third kappa shape index (κ3) is 14.6. The monoisotopic (exact) mass is 489 g/mol. The van der Waals surface area contributed by atoms with Crippen LogP contribution in [0.4, 0.5) is 0 Å². The molecule has 33 heavy (non-hydrogen) atoms. The highest BCUT2D eigenvalue weighted by molar-refractivity contribution is 5.70. The van der Waals surface area contributed by atoms with Gasteiger partial charge in [-0.1, -0.05) is 105 Å². The molecule has 2 N–H and O–H groups in total. The summed E-state index contributed by atoms with van der Waals surface area (Å²) < 4.78 is 0.576. The first-order valence-corrected chi connectivity index (χ1v) is 14.1. The van der Waals surface area contributed by atoms with E-state index in [2.05, 4.69) is 49.8 Å². The summed E-state index contributed by atoms with van der Waals surface area (Å²) in [5.74, 6) is 0.738. The predicted octanol–water partition coefficient (Wildman–Crippen LogP) is 4.14. The van der Waals surface area contributed by atoms with Crippen molar-refractivity contribution in [2.75, 3.05) is 40.3 Å². The van der Waals surface area contributed by atoms with E-state index < -0.39 is 0 Å². The summed E-state index contributed by atoms with van der Waals surface area (Å²) in [6, 6.07) is 0. The van der Waals surface area contributed by atoms with Gasteiger partial charge >= 0.3 is 5.96 Å². The molecule has 0 saturated carbocycles. The maximum Gasteiger partial charge on any atom is 0.335 e. The highest BCUT2D eigenvalue weighted by Gasteiger charge is 2.41. The van der Waals surface area contributed by atoms with Crippen LogP contribution in [0.25, 0.3) is 0 Å². The molecule has 0 aliphatic heterocycles. The number of quaternary nitrogens is 1. The molecule has 0 spiro atoms. The van der Waals surface area contributed by atoms with E-state index in [1.54, 1.807) is 0 Å². The van der Waals surface area contributed by atoms with Crippen LogP contribution >= 0.6 is 0 Å². The van der Waals surface area contributed by atoms with Crippen LogP contribution in [0.3, 0.4) is 0 Å². The van der Waals surface area contributed by atoms with Gasteiger partial charge in [0.2, 0.25) is 0 Å². The van der Waals surface area contributed by atoms with Crippen molar-refractivity contribution in [3.05, 3.63) is 0 Å². The highest BCUT2D eigenvalue weighted by atomic mass is 35.5. The molecule has 0 bridgehead atoms. The number of nitrogens with two attached hydrogens (primary N) is 1. The number of halogens is 1. The van der Waals surface area contributed by atoms with Gasteiger partial charge in [0.15, 0.2) is 0 Å². The number of guanidine groups is 1. The molecule has 0 aromatic carbocycles. The van der Waals surface area contributed by atoms with Crippen LogP contribution in [0.5, 0.6) is 0 Å². The Balaban J connectivity index is 0. The molecule has 0 unspecified atom stereocenters. The molecular weight excluding hydrogens is 430 g/mol. The molecule has 0 aliphatic carbocycles. The molecule has 0 aromatic rings. The summed E-state index contributed by atoms with van der Waals surface area (Å²) in [6.45, 7) is 13.5. The Hall–Kier alpha value is -0.360. The number of nitrogens with zero attached hydrogens (tertiary/aromatic N) is 4. The Bertz CT molecular complexity index is 392. The summed E-state index contributed by atoms with van der Waals surface area (Å²) in [5.41, 5.74) is 6.71. The predicted molar refractivity (Wildman–Crippen MR) is 143 cm³/mol. The Morgan fingerprint density at radius 1 is 0.576 bits per heavy atom. The van der Waals surface area contributed by atoms with Gasteiger partial charge in [0.1, 0.15) is 7.05 Å². The van der Waals surface area contributed by atoms with Gasteiger partial charge in [0.05, 0.1) is 26.2 Å². The molecule has 6 heteroatoms. The molecule has 0 radical (unpaired) electrons. The lowest BCUT2D eigenvalue weighted by molar-refractivity contribution is -1.05. The quantitative estimate of drug-likeness (QED) is 0.0817. The maximum atomic E-state index is 6.71. The molecule has 0 fully saturated rings. The van der Waals surface area contributed by atoms with E-state index >= 15 is 0 Å². The van der Waals surface area contributed by atoms with Crippen molar-refractivity contribution < 1.29 is 17.1 Å². The van der Waals surface area contributed by atoms with Gasteiger partial charge < -0.3 is 18.1 Å². The molecule has 0 aliphatic rings. The molecule has 0 rings (SSSR count). The zero-order chi connectivity index (χ0) is 24.1. The standard InChI is InChI=1S/C27H60N5.ClH/c1-7-11-15-19-23-30(24-20-16-12-8-2)32(6,27(28)29-5)31(25-21-17-13-9-3)26-22-18-14-10-4;/h7-26H2,1-6H3,(H2,28,29);1H/q+1;/p-1. The Morgan fingerprint density at radius 2 is 0.848 bits per heavy atom. The smallest absolute Gasteiger partial charge is 0.335 e. The van der Waals surface area contributed by atoms with E-state index in [-0.39, 0.29) is 12.4 Å². The van der Waals surface area contributed by atoms with E-state index in [0.29, 0.717) is 4.70 Å². The summed E-state index contributed by atoms with van der Waals surface area (Å²) in [4.78, 5) is 4.56. The zero-order valence-electron chi connectivity index (χ0n) is 23.4. The van der Waals surface area contributed by atoms with Gasteiger partial charge in [-0.15, -0.1) is 14.7 Å². The van der Waals surface area contributed by atoms with Gasteiger partial charge in [-0.05, 0) is 25.7 Å². The van der Waals surface area contributed by atoms with Gasteiger partial charge in [0, 0.05) is 7.05 Å². The van der Waals surface area contributed by atoms with Gasteiger partial charge in [0.25, 0.3) is 0 Å². The lowest BCUT2D eigenvalue weighted by Crippen LogP contribution is -3.00. The minimum absolute atomic E-state index is 0. The SMILES string of the molecule is CCCCCCN(CCCCCC)[N+](C)(/C(N)=N/C)N(CCCCCC)CCCCCC.[Cl-]. The largest absolute Gasteiger partial charge is 1.00 e. The van der Waals surface area contributed by atoms with Crippen molar-refractivity contribution in [3.8, 4) is 0 Å². The van der Waals surface area contributed by atoms with Crippen LogP contribution in [-0.2, 0) is 0 Å². The van der Waals surface area contributed by atoms with Crippen LogP contribution < -0.4 is 18.1 Å². The van der Waals surface area contributed by atoms with Crippen molar-refractivity contribution in [1.82, 2.24) is 10.0 Å². The van der Waals surface area contributed by atoms with Crippen molar-refractivity contribution in [2.45, 2.75) is 130 Å².